The van der Waals surface area contributed by atoms with Gasteiger partial charge in [0.2, 0.25) is 0 Å². The number of fused-ring (bicyclic) bond motifs is 3. The van der Waals surface area contributed by atoms with Crippen LogP contribution in [0.1, 0.15) is 44.9 Å². The maximum atomic E-state index is 2.39. The Hall–Kier alpha value is -4.68. The standard InChI is InChI=1S/C39H30/c1-5-16-29(17-6-1)38(30-18-7-2-8-19-30)39(32-21-9-3-10-22-32,33-23-11-4-12-24-33)37-27-15-26-35-34-25-14-13-20-31(34)28-36(35)37/h1-27,38H,28H2. The predicted molar refractivity (Wildman–Crippen MR) is 162 cm³/mol. The molecule has 0 amide bonds. The summed E-state index contributed by atoms with van der Waals surface area (Å²) in [5, 5.41) is 0. The van der Waals surface area contributed by atoms with Crippen molar-refractivity contribution in [2.24, 2.45) is 0 Å². The lowest BCUT2D eigenvalue weighted by molar-refractivity contribution is 0.534. The third kappa shape index (κ3) is 3.83. The first-order valence-electron chi connectivity index (χ1n) is 13.8. The highest BCUT2D eigenvalue weighted by Gasteiger charge is 2.47. The molecule has 1 aliphatic carbocycles. The summed E-state index contributed by atoms with van der Waals surface area (Å²) in [7, 11) is 0. The van der Waals surface area contributed by atoms with Gasteiger partial charge in [-0.25, -0.2) is 0 Å². The highest BCUT2D eigenvalue weighted by atomic mass is 14.5. The van der Waals surface area contributed by atoms with Crippen molar-refractivity contribution in [2.75, 3.05) is 0 Å². The molecule has 0 nitrogen and oxygen atoms in total. The molecule has 1 aliphatic rings. The van der Waals surface area contributed by atoms with E-state index in [0.29, 0.717) is 0 Å². The van der Waals surface area contributed by atoms with E-state index < -0.39 is 5.41 Å². The van der Waals surface area contributed by atoms with Crippen LogP contribution < -0.4 is 0 Å². The number of hydrogen-bond donors (Lipinski definition) is 0. The van der Waals surface area contributed by atoms with Gasteiger partial charge in [0.15, 0.2) is 0 Å². The van der Waals surface area contributed by atoms with Crippen molar-refractivity contribution in [2.45, 2.75) is 17.8 Å². The van der Waals surface area contributed by atoms with Crippen molar-refractivity contribution in [3.63, 3.8) is 0 Å². The van der Waals surface area contributed by atoms with Gasteiger partial charge in [0.1, 0.15) is 0 Å². The molecule has 0 spiro atoms. The van der Waals surface area contributed by atoms with Crippen LogP contribution in [0, 0.1) is 0 Å². The minimum absolute atomic E-state index is 0.0555. The smallest absolute Gasteiger partial charge is 0.0563 e. The van der Waals surface area contributed by atoms with E-state index in [-0.39, 0.29) is 5.92 Å². The zero-order chi connectivity index (χ0) is 26.1. The minimum atomic E-state index is -0.460. The quantitative estimate of drug-likeness (QED) is 0.200. The highest BCUT2D eigenvalue weighted by molar-refractivity contribution is 5.80. The summed E-state index contributed by atoms with van der Waals surface area (Å²) < 4.78 is 0. The van der Waals surface area contributed by atoms with Gasteiger partial charge < -0.3 is 0 Å². The lowest BCUT2D eigenvalue weighted by Crippen LogP contribution is -2.38. The van der Waals surface area contributed by atoms with Crippen LogP contribution in [0.2, 0.25) is 0 Å². The number of benzene rings is 6. The molecule has 0 heterocycles. The molecule has 0 unspecified atom stereocenters. The molecular formula is C39H30. The van der Waals surface area contributed by atoms with Crippen molar-refractivity contribution in [1.29, 1.82) is 0 Å². The summed E-state index contributed by atoms with van der Waals surface area (Å²) in [6.07, 6.45) is 0.944. The largest absolute Gasteiger partial charge is 0.0622 e. The van der Waals surface area contributed by atoms with Gasteiger partial charge in [-0.15, -0.1) is 0 Å². The van der Waals surface area contributed by atoms with Crippen LogP contribution in [0.15, 0.2) is 164 Å². The topological polar surface area (TPSA) is 0 Å². The molecule has 0 aromatic heterocycles. The van der Waals surface area contributed by atoms with Crippen molar-refractivity contribution in [3.05, 3.63) is 203 Å². The van der Waals surface area contributed by atoms with Crippen LogP contribution in [-0.2, 0) is 11.8 Å². The normalized spacial score (nSPS) is 12.2. The highest BCUT2D eigenvalue weighted by Crippen LogP contribution is 2.55. The van der Waals surface area contributed by atoms with Gasteiger partial charge in [-0.3, -0.25) is 0 Å². The summed E-state index contributed by atoms with van der Waals surface area (Å²) in [6.45, 7) is 0. The maximum Gasteiger partial charge on any atom is 0.0563 e. The van der Waals surface area contributed by atoms with Crippen LogP contribution in [-0.4, -0.2) is 0 Å². The van der Waals surface area contributed by atoms with E-state index in [2.05, 4.69) is 164 Å². The molecule has 186 valence electrons. The molecule has 0 bridgehead atoms. The van der Waals surface area contributed by atoms with E-state index in [4.69, 9.17) is 0 Å². The third-order valence-electron chi connectivity index (χ3n) is 8.43. The lowest BCUT2D eigenvalue weighted by Gasteiger charge is -2.44. The first kappa shape index (κ1) is 23.4. The van der Waals surface area contributed by atoms with Gasteiger partial charge in [0.05, 0.1) is 5.41 Å². The van der Waals surface area contributed by atoms with Crippen molar-refractivity contribution < 1.29 is 0 Å². The summed E-state index contributed by atoms with van der Waals surface area (Å²) in [5.74, 6) is 0.0555. The lowest BCUT2D eigenvalue weighted by atomic mass is 9.57. The maximum absolute atomic E-state index is 2.39. The number of hydrogen-bond acceptors (Lipinski definition) is 0. The molecule has 0 N–H and O–H groups in total. The first-order valence-corrected chi connectivity index (χ1v) is 13.8. The van der Waals surface area contributed by atoms with Crippen LogP contribution in [0.4, 0.5) is 0 Å². The van der Waals surface area contributed by atoms with E-state index in [0.717, 1.165) is 6.42 Å². The number of rotatable bonds is 6. The van der Waals surface area contributed by atoms with Crippen molar-refractivity contribution >= 4 is 0 Å². The fraction of sp³-hybridized carbons (Fsp3) is 0.0769. The first-order chi connectivity index (χ1) is 19.4. The van der Waals surface area contributed by atoms with Crippen LogP contribution in [0.5, 0.6) is 0 Å². The Labute approximate surface area is 231 Å². The van der Waals surface area contributed by atoms with E-state index in [1.54, 1.807) is 0 Å². The molecule has 0 atom stereocenters. The van der Waals surface area contributed by atoms with Gasteiger partial charge in [0.25, 0.3) is 0 Å². The second-order valence-electron chi connectivity index (χ2n) is 10.5. The summed E-state index contributed by atoms with van der Waals surface area (Å²) in [6, 6.07) is 60.4. The molecule has 0 aliphatic heterocycles. The predicted octanol–water partition coefficient (Wildman–Crippen LogP) is 9.42. The SMILES string of the molecule is c1ccc(C(c2ccccc2)C(c2ccccc2)(c2ccccc2)c2cccc3c2Cc2ccccc2-3)cc1. The van der Waals surface area contributed by atoms with E-state index in [1.807, 2.05) is 0 Å². The van der Waals surface area contributed by atoms with E-state index >= 15 is 0 Å². The summed E-state index contributed by atoms with van der Waals surface area (Å²) >= 11 is 0. The Kier molecular flexibility index (Phi) is 5.94. The van der Waals surface area contributed by atoms with Crippen molar-refractivity contribution in [3.8, 4) is 11.1 Å². The average molecular weight is 499 g/mol. The zero-order valence-electron chi connectivity index (χ0n) is 21.9. The Morgan fingerprint density at radius 3 is 1.44 bits per heavy atom. The summed E-state index contributed by atoms with van der Waals surface area (Å²) in [5.41, 5.74) is 11.7. The van der Waals surface area contributed by atoms with Gasteiger partial charge >= 0.3 is 0 Å². The molecule has 39 heavy (non-hydrogen) atoms. The second kappa shape index (κ2) is 9.89. The zero-order valence-corrected chi connectivity index (χ0v) is 21.9. The molecule has 7 rings (SSSR count). The monoisotopic (exact) mass is 498 g/mol. The molecular weight excluding hydrogens is 468 g/mol. The molecule has 0 saturated heterocycles. The molecule has 6 aromatic rings. The Morgan fingerprint density at radius 2 is 0.872 bits per heavy atom. The van der Waals surface area contributed by atoms with Crippen LogP contribution in [0.3, 0.4) is 0 Å². The van der Waals surface area contributed by atoms with Gasteiger partial charge in [0, 0.05) is 5.92 Å². The van der Waals surface area contributed by atoms with E-state index in [1.165, 1.54) is 50.1 Å². The van der Waals surface area contributed by atoms with Gasteiger partial charge in [-0.05, 0) is 56.5 Å². The summed E-state index contributed by atoms with van der Waals surface area (Å²) in [4.78, 5) is 0. The Balaban J connectivity index is 1.65. The Bertz CT molecular complexity index is 1620. The molecule has 0 saturated carbocycles. The third-order valence-corrected chi connectivity index (χ3v) is 8.43. The van der Waals surface area contributed by atoms with Crippen LogP contribution in [0.25, 0.3) is 11.1 Å². The average Bonchev–Trinajstić information content (AvgIpc) is 3.41. The second-order valence-corrected chi connectivity index (χ2v) is 10.5. The van der Waals surface area contributed by atoms with Gasteiger partial charge in [-0.1, -0.05) is 164 Å². The fourth-order valence-electron chi connectivity index (χ4n) is 6.88. The molecule has 0 heteroatoms. The Morgan fingerprint density at radius 1 is 0.410 bits per heavy atom. The fourth-order valence-corrected chi connectivity index (χ4v) is 6.88. The minimum Gasteiger partial charge on any atom is -0.0622 e. The molecule has 0 radical (unpaired) electrons. The van der Waals surface area contributed by atoms with Crippen LogP contribution >= 0.6 is 0 Å². The van der Waals surface area contributed by atoms with E-state index in [9.17, 15) is 0 Å². The van der Waals surface area contributed by atoms with Gasteiger partial charge in [-0.2, -0.15) is 0 Å². The molecule has 6 aromatic carbocycles. The molecule has 0 fully saturated rings. The van der Waals surface area contributed by atoms with Crippen molar-refractivity contribution in [1.82, 2.24) is 0 Å².